The van der Waals surface area contributed by atoms with Crippen molar-refractivity contribution in [2.24, 2.45) is 11.7 Å². The van der Waals surface area contributed by atoms with Crippen molar-refractivity contribution in [3.63, 3.8) is 0 Å². The molecule has 1 aliphatic carbocycles. The van der Waals surface area contributed by atoms with E-state index in [0.717, 1.165) is 109 Å². The smallest absolute Gasteiger partial charge is 0.164 e. The van der Waals surface area contributed by atoms with Gasteiger partial charge in [-0.3, -0.25) is 0 Å². The lowest BCUT2D eigenvalue weighted by atomic mass is 9.68. The van der Waals surface area contributed by atoms with E-state index in [1.54, 1.807) is 18.2 Å². The van der Waals surface area contributed by atoms with Gasteiger partial charge in [-0.1, -0.05) is 79.9 Å². The summed E-state index contributed by atoms with van der Waals surface area (Å²) in [5, 5.41) is 38.5. The van der Waals surface area contributed by atoms with Gasteiger partial charge in [0.15, 0.2) is 11.5 Å². The van der Waals surface area contributed by atoms with E-state index < -0.39 is 6.10 Å². The number of nitrogens with zero attached hydrogens (tertiary/aromatic N) is 1. The Morgan fingerprint density at radius 2 is 1.67 bits per heavy atom. The molecule has 9 nitrogen and oxygen atoms in total. The number of phenolic OH excluding ortho intramolecular Hbond substituents is 2. The minimum Gasteiger partial charge on any atom is -0.508 e. The molecule has 0 amide bonds. The number of aromatic nitrogens is 1. The van der Waals surface area contributed by atoms with Gasteiger partial charge in [-0.25, -0.2) is 0 Å². The number of phenols is 2. The minimum atomic E-state index is -0.526. The third-order valence-electron chi connectivity index (χ3n) is 13.6. The number of nitrogens with two attached hydrogens (primary N) is 1. The number of aryl methyl sites for hydroxylation is 1. The first kappa shape index (κ1) is 40.4. The van der Waals surface area contributed by atoms with E-state index >= 15 is 0 Å². The molecular weight excluding hydrogens is 751 g/mol. The maximum atomic E-state index is 11.8. The van der Waals surface area contributed by atoms with E-state index in [1.807, 2.05) is 24.3 Å². The standard InChI is InChI=1S/C51H59N3O6/c52-48-21-16-37-32-59-43(11-7-2-1-4-8-34-12-17-42(55)18-13-34)29-47(57)36-14-19-44-35(26-36)15-20-46(56)49(44)60-33-39-28-41(27-38-30-54(31-45(38)39)50(37)53-48)51(22-24-58-25-23-51)40-9-5-3-6-10-40/h3,5-6,9-10,12-13,15-18,20-21,27-28,30-31,36,43,47-48,53,55-57H,1-2,4,7-8,11,14,19,22-26,29,32-33,52H2/t36-,43+,47+,48?/m1/s1. The van der Waals surface area contributed by atoms with Gasteiger partial charge >= 0.3 is 0 Å². The summed E-state index contributed by atoms with van der Waals surface area (Å²) in [6.07, 6.45) is 18.1. The Kier molecular flexibility index (Phi) is 12.0. The fraction of sp³-hybridized carbons (Fsp3) is 0.412. The van der Waals surface area contributed by atoms with E-state index in [4.69, 9.17) is 19.9 Å². The molecule has 0 spiro atoms. The molecule has 5 aliphatic rings. The molecule has 4 aliphatic heterocycles. The van der Waals surface area contributed by atoms with Gasteiger partial charge in [0.1, 0.15) is 18.2 Å². The molecule has 0 saturated carbocycles. The number of aromatic hydroxyl groups is 2. The number of nitrogens with one attached hydrogen (secondary N) is 1. The predicted octanol–water partition coefficient (Wildman–Crippen LogP) is 8.79. The molecule has 5 aromatic rings. The largest absolute Gasteiger partial charge is 0.508 e. The Balaban J connectivity index is 1.06. The zero-order valence-corrected chi connectivity index (χ0v) is 34.5. The highest BCUT2D eigenvalue weighted by Gasteiger charge is 2.37. The van der Waals surface area contributed by atoms with Gasteiger partial charge in [0.25, 0.3) is 0 Å². The predicted molar refractivity (Wildman–Crippen MR) is 236 cm³/mol. The lowest BCUT2D eigenvalue weighted by molar-refractivity contribution is -0.00195. The SMILES string of the molecule is NC1C=CC2=C(N1)n1cc3cc(C4(c5ccccc5)CCOCC4)cc(c3c1)COc1c(O)ccc3c1CC[C@H](C3)[C@@H](O)C[C@H](CCCCCCc1ccc(O)cc1)OC2. The Bertz CT molecular complexity index is 2330. The summed E-state index contributed by atoms with van der Waals surface area (Å²) in [7, 11) is 0. The third-order valence-corrected chi connectivity index (χ3v) is 13.6. The highest BCUT2D eigenvalue weighted by atomic mass is 16.5. The number of dihydropyridines is 1. The molecule has 1 aromatic heterocycles. The number of aliphatic hydroxyl groups excluding tert-OH is 1. The molecule has 1 unspecified atom stereocenters. The summed E-state index contributed by atoms with van der Waals surface area (Å²) in [5.74, 6) is 1.95. The summed E-state index contributed by atoms with van der Waals surface area (Å²) >= 11 is 0. The third kappa shape index (κ3) is 8.59. The van der Waals surface area contributed by atoms with Crippen molar-refractivity contribution in [2.45, 2.75) is 107 Å². The Morgan fingerprint density at radius 3 is 2.50 bits per heavy atom. The highest BCUT2D eigenvalue weighted by molar-refractivity contribution is 5.88. The lowest BCUT2D eigenvalue weighted by Crippen LogP contribution is -2.39. The van der Waals surface area contributed by atoms with Gasteiger partial charge in [0, 0.05) is 52.9 Å². The van der Waals surface area contributed by atoms with Crippen LogP contribution in [-0.4, -0.2) is 58.1 Å². The van der Waals surface area contributed by atoms with Crippen molar-refractivity contribution in [2.75, 3.05) is 19.8 Å². The van der Waals surface area contributed by atoms with Crippen LogP contribution in [0.3, 0.4) is 0 Å². The second kappa shape index (κ2) is 17.9. The second-order valence-corrected chi connectivity index (χ2v) is 17.5. The number of rotatable bonds is 9. The van der Waals surface area contributed by atoms with Crippen LogP contribution in [0.15, 0.2) is 109 Å². The molecule has 9 heteroatoms. The van der Waals surface area contributed by atoms with Crippen molar-refractivity contribution >= 4 is 16.6 Å². The number of aliphatic hydroxyl groups is 1. The zero-order chi connectivity index (χ0) is 41.1. The molecule has 0 radical (unpaired) electrons. The van der Waals surface area contributed by atoms with Crippen LogP contribution in [0.1, 0.15) is 91.2 Å². The molecule has 6 bridgehead atoms. The van der Waals surface area contributed by atoms with Gasteiger partial charge in [0.05, 0.1) is 25.0 Å². The van der Waals surface area contributed by atoms with Crippen molar-refractivity contribution in [3.05, 3.63) is 142 Å². The molecule has 1 fully saturated rings. The summed E-state index contributed by atoms with van der Waals surface area (Å²) in [6.45, 7) is 2.04. The van der Waals surface area contributed by atoms with Crippen LogP contribution in [-0.2, 0) is 40.8 Å². The van der Waals surface area contributed by atoms with Crippen LogP contribution >= 0.6 is 0 Å². The first-order valence-corrected chi connectivity index (χ1v) is 22.1. The fourth-order valence-electron chi connectivity index (χ4n) is 10.2. The van der Waals surface area contributed by atoms with E-state index in [0.29, 0.717) is 37.7 Å². The van der Waals surface area contributed by atoms with Gasteiger partial charge in [-0.2, -0.15) is 0 Å². The van der Waals surface area contributed by atoms with Crippen LogP contribution in [0.4, 0.5) is 0 Å². The average Bonchev–Trinajstić information content (AvgIpc) is 3.72. The van der Waals surface area contributed by atoms with Gasteiger partial charge < -0.3 is 45.1 Å². The Morgan fingerprint density at radius 1 is 0.850 bits per heavy atom. The number of fused-ring (bicyclic) bond motifs is 6. The summed E-state index contributed by atoms with van der Waals surface area (Å²) in [6, 6.07) is 26.7. The van der Waals surface area contributed by atoms with Crippen LogP contribution in [0.2, 0.25) is 0 Å². The van der Waals surface area contributed by atoms with Gasteiger partial charge in [0.2, 0.25) is 0 Å². The van der Waals surface area contributed by atoms with E-state index in [2.05, 4.69) is 70.8 Å². The molecule has 10 rings (SSSR count). The highest BCUT2D eigenvalue weighted by Crippen LogP contribution is 2.45. The van der Waals surface area contributed by atoms with Crippen LogP contribution in [0.25, 0.3) is 16.6 Å². The van der Waals surface area contributed by atoms with Gasteiger partial charge in [-0.05, 0) is 122 Å². The average molecular weight is 810 g/mol. The quantitative estimate of drug-likeness (QED) is 0.0935. The normalized spacial score (nSPS) is 22.8. The Hall–Kier alpha value is -5.06. The number of benzene rings is 4. The molecule has 5 heterocycles. The lowest BCUT2D eigenvalue weighted by Gasteiger charge is -2.39. The summed E-state index contributed by atoms with van der Waals surface area (Å²) in [5.41, 5.74) is 14.3. The Labute approximate surface area is 353 Å². The van der Waals surface area contributed by atoms with Crippen molar-refractivity contribution in [1.29, 1.82) is 0 Å². The molecule has 314 valence electrons. The summed E-state index contributed by atoms with van der Waals surface area (Å²) < 4.78 is 21.7. The monoisotopic (exact) mass is 809 g/mol. The van der Waals surface area contributed by atoms with Crippen LogP contribution in [0.5, 0.6) is 17.2 Å². The zero-order valence-electron chi connectivity index (χ0n) is 34.5. The second-order valence-electron chi connectivity index (χ2n) is 17.5. The molecule has 60 heavy (non-hydrogen) atoms. The topological polar surface area (TPSA) is 131 Å². The first-order valence-electron chi connectivity index (χ1n) is 22.1. The first-order chi connectivity index (χ1) is 29.3. The van der Waals surface area contributed by atoms with Crippen molar-refractivity contribution in [1.82, 2.24) is 9.88 Å². The molecule has 6 N–H and O–H groups in total. The summed E-state index contributed by atoms with van der Waals surface area (Å²) in [4.78, 5) is 0. The van der Waals surface area contributed by atoms with E-state index in [9.17, 15) is 15.3 Å². The number of ether oxygens (including phenoxy) is 3. The number of hydrogen-bond acceptors (Lipinski definition) is 8. The van der Waals surface area contributed by atoms with Crippen LogP contribution in [0, 0.1) is 5.92 Å². The van der Waals surface area contributed by atoms with Crippen LogP contribution < -0.4 is 15.8 Å². The maximum absolute atomic E-state index is 11.8. The molecule has 1 saturated heterocycles. The number of hydrogen-bond donors (Lipinski definition) is 5. The maximum Gasteiger partial charge on any atom is 0.164 e. The molecular formula is C51H59N3O6. The molecule has 4 aromatic carbocycles. The molecule has 4 atom stereocenters. The number of unbranched alkanes of at least 4 members (excludes halogenated alkanes) is 3. The van der Waals surface area contributed by atoms with Gasteiger partial charge in [-0.15, -0.1) is 0 Å². The van der Waals surface area contributed by atoms with Crippen molar-refractivity contribution < 1.29 is 29.5 Å². The minimum absolute atomic E-state index is 0.0791. The van der Waals surface area contributed by atoms with E-state index in [-0.39, 0.29) is 36.0 Å². The fourth-order valence-corrected chi connectivity index (χ4v) is 10.2. The van der Waals surface area contributed by atoms with Crippen molar-refractivity contribution in [3.8, 4) is 17.2 Å². The van der Waals surface area contributed by atoms with E-state index in [1.165, 1.54) is 16.7 Å².